The first-order chi connectivity index (χ1) is 6.79. The Balaban J connectivity index is 2.33. The maximum absolute atomic E-state index is 6.23. The standard InChI is InChI=1S/C10H9ClO2S/c11-7-5-1-3-13-9(5)10(14)6-2-4-12-8(6)7/h14H,1-4H2. The zero-order valence-corrected chi connectivity index (χ0v) is 9.12. The molecule has 0 N–H and O–H groups in total. The zero-order valence-electron chi connectivity index (χ0n) is 7.47. The van der Waals surface area contributed by atoms with Gasteiger partial charge in [0.2, 0.25) is 0 Å². The number of rotatable bonds is 0. The Morgan fingerprint density at radius 3 is 2.43 bits per heavy atom. The van der Waals surface area contributed by atoms with Crippen molar-refractivity contribution in [1.29, 1.82) is 0 Å². The number of ether oxygens (including phenoxy) is 2. The number of thiol groups is 1. The van der Waals surface area contributed by atoms with Crippen LogP contribution >= 0.6 is 24.2 Å². The van der Waals surface area contributed by atoms with Crippen LogP contribution in [-0.2, 0) is 12.8 Å². The van der Waals surface area contributed by atoms with Gasteiger partial charge in [0.1, 0.15) is 11.5 Å². The van der Waals surface area contributed by atoms with Crippen LogP contribution in [0.2, 0.25) is 5.02 Å². The molecule has 0 amide bonds. The molecule has 74 valence electrons. The fraction of sp³-hybridized carbons (Fsp3) is 0.400. The number of hydrogen-bond acceptors (Lipinski definition) is 3. The second-order valence-electron chi connectivity index (χ2n) is 3.47. The van der Waals surface area contributed by atoms with E-state index in [1.807, 2.05) is 0 Å². The van der Waals surface area contributed by atoms with Gasteiger partial charge in [0, 0.05) is 24.0 Å². The van der Waals surface area contributed by atoms with E-state index in [-0.39, 0.29) is 0 Å². The lowest BCUT2D eigenvalue weighted by atomic mass is 10.1. The molecular formula is C10H9ClO2S. The van der Waals surface area contributed by atoms with Gasteiger partial charge in [-0.25, -0.2) is 0 Å². The minimum atomic E-state index is 0.700. The molecule has 0 atom stereocenters. The van der Waals surface area contributed by atoms with E-state index in [1.165, 1.54) is 0 Å². The Morgan fingerprint density at radius 1 is 1.00 bits per heavy atom. The highest BCUT2D eigenvalue weighted by atomic mass is 35.5. The largest absolute Gasteiger partial charge is 0.492 e. The van der Waals surface area contributed by atoms with E-state index in [0.717, 1.165) is 45.4 Å². The zero-order chi connectivity index (χ0) is 9.71. The van der Waals surface area contributed by atoms with Crippen LogP contribution < -0.4 is 9.47 Å². The Kier molecular flexibility index (Phi) is 1.86. The third-order valence-electron chi connectivity index (χ3n) is 2.71. The molecule has 0 aromatic heterocycles. The predicted octanol–water partition coefficient (Wildman–Crippen LogP) is 2.50. The van der Waals surface area contributed by atoms with Crippen LogP contribution in [0.25, 0.3) is 0 Å². The summed E-state index contributed by atoms with van der Waals surface area (Å²) in [6.07, 6.45) is 1.74. The van der Waals surface area contributed by atoms with Gasteiger partial charge in [0.05, 0.1) is 23.1 Å². The summed E-state index contributed by atoms with van der Waals surface area (Å²) >= 11 is 10.7. The van der Waals surface area contributed by atoms with E-state index < -0.39 is 0 Å². The highest BCUT2D eigenvalue weighted by Crippen LogP contribution is 2.48. The number of fused-ring (bicyclic) bond motifs is 2. The van der Waals surface area contributed by atoms with Crippen LogP contribution in [0.3, 0.4) is 0 Å². The second-order valence-corrected chi connectivity index (χ2v) is 4.30. The predicted molar refractivity (Wildman–Crippen MR) is 57.1 cm³/mol. The van der Waals surface area contributed by atoms with Crippen LogP contribution in [0.5, 0.6) is 11.5 Å². The summed E-state index contributed by atoms with van der Waals surface area (Å²) in [5, 5.41) is 0.725. The lowest BCUT2D eigenvalue weighted by molar-refractivity contribution is 0.349. The Bertz CT molecular complexity index is 345. The molecule has 0 saturated carbocycles. The minimum absolute atomic E-state index is 0.700. The minimum Gasteiger partial charge on any atom is -0.492 e. The van der Waals surface area contributed by atoms with Crippen molar-refractivity contribution in [3.05, 3.63) is 16.1 Å². The van der Waals surface area contributed by atoms with E-state index in [9.17, 15) is 0 Å². The van der Waals surface area contributed by atoms with Gasteiger partial charge < -0.3 is 9.47 Å². The molecule has 3 rings (SSSR count). The number of hydrogen-bond donors (Lipinski definition) is 1. The Morgan fingerprint density at radius 2 is 1.64 bits per heavy atom. The summed E-state index contributed by atoms with van der Waals surface area (Å²) in [5.74, 6) is 1.68. The second kappa shape index (κ2) is 2.97. The smallest absolute Gasteiger partial charge is 0.142 e. The monoisotopic (exact) mass is 228 g/mol. The Hall–Kier alpha value is -0.540. The molecular weight excluding hydrogens is 220 g/mol. The molecule has 0 unspecified atom stereocenters. The van der Waals surface area contributed by atoms with Crippen molar-refractivity contribution >= 4 is 24.2 Å². The van der Waals surface area contributed by atoms with Gasteiger partial charge in [-0.3, -0.25) is 0 Å². The average molecular weight is 229 g/mol. The highest BCUT2D eigenvalue weighted by Gasteiger charge is 2.29. The average Bonchev–Trinajstić information content (AvgIpc) is 2.82. The highest BCUT2D eigenvalue weighted by molar-refractivity contribution is 7.80. The summed E-state index contributed by atoms with van der Waals surface area (Å²) in [5.41, 5.74) is 2.15. The van der Waals surface area contributed by atoms with Crippen molar-refractivity contribution in [3.8, 4) is 11.5 Å². The summed E-state index contributed by atoms with van der Waals surface area (Å²) < 4.78 is 11.0. The van der Waals surface area contributed by atoms with Gasteiger partial charge >= 0.3 is 0 Å². The first kappa shape index (κ1) is 8.74. The topological polar surface area (TPSA) is 18.5 Å². The summed E-state index contributed by atoms with van der Waals surface area (Å²) in [6.45, 7) is 1.40. The molecule has 2 aliphatic heterocycles. The SMILES string of the molecule is Sc1c2c(c(Cl)c3c1OCC3)OCC2. The van der Waals surface area contributed by atoms with Gasteiger partial charge in [0.15, 0.2) is 0 Å². The number of benzene rings is 1. The van der Waals surface area contributed by atoms with Crippen LogP contribution in [0.4, 0.5) is 0 Å². The molecule has 0 aliphatic carbocycles. The molecule has 1 aromatic rings. The van der Waals surface area contributed by atoms with Crippen molar-refractivity contribution in [2.45, 2.75) is 17.7 Å². The maximum Gasteiger partial charge on any atom is 0.142 e. The fourth-order valence-corrected chi connectivity index (χ4v) is 2.79. The van der Waals surface area contributed by atoms with Crippen molar-refractivity contribution < 1.29 is 9.47 Å². The Labute approximate surface area is 92.6 Å². The molecule has 14 heavy (non-hydrogen) atoms. The number of halogens is 1. The van der Waals surface area contributed by atoms with Crippen LogP contribution in [-0.4, -0.2) is 13.2 Å². The molecule has 2 heterocycles. The summed E-state index contributed by atoms with van der Waals surface area (Å²) in [4.78, 5) is 0.911. The molecule has 0 bridgehead atoms. The lowest BCUT2D eigenvalue weighted by Gasteiger charge is -2.10. The summed E-state index contributed by atoms with van der Waals surface area (Å²) in [6, 6.07) is 0. The normalized spacial score (nSPS) is 17.3. The van der Waals surface area contributed by atoms with Crippen molar-refractivity contribution in [3.63, 3.8) is 0 Å². The molecule has 4 heteroatoms. The molecule has 0 radical (unpaired) electrons. The van der Waals surface area contributed by atoms with Crippen LogP contribution in [0.1, 0.15) is 11.1 Å². The van der Waals surface area contributed by atoms with Gasteiger partial charge in [0.25, 0.3) is 0 Å². The van der Waals surface area contributed by atoms with E-state index >= 15 is 0 Å². The molecule has 0 saturated heterocycles. The molecule has 2 nitrogen and oxygen atoms in total. The van der Waals surface area contributed by atoms with Crippen LogP contribution in [0.15, 0.2) is 4.90 Å². The molecule has 0 spiro atoms. The van der Waals surface area contributed by atoms with Gasteiger partial charge in [-0.2, -0.15) is 0 Å². The molecule has 0 fully saturated rings. The molecule has 1 aromatic carbocycles. The first-order valence-corrected chi connectivity index (χ1v) is 5.43. The lowest BCUT2D eigenvalue weighted by Crippen LogP contribution is -1.89. The van der Waals surface area contributed by atoms with Crippen molar-refractivity contribution in [1.82, 2.24) is 0 Å². The molecule has 2 aliphatic rings. The van der Waals surface area contributed by atoms with E-state index in [4.69, 9.17) is 21.1 Å². The third-order valence-corrected chi connectivity index (χ3v) is 3.58. The van der Waals surface area contributed by atoms with E-state index in [0.29, 0.717) is 13.2 Å². The fourth-order valence-electron chi connectivity index (χ4n) is 2.03. The maximum atomic E-state index is 6.23. The van der Waals surface area contributed by atoms with Gasteiger partial charge in [-0.05, 0) is 0 Å². The van der Waals surface area contributed by atoms with Gasteiger partial charge in [-0.1, -0.05) is 11.6 Å². The van der Waals surface area contributed by atoms with E-state index in [2.05, 4.69) is 12.6 Å². The first-order valence-electron chi connectivity index (χ1n) is 4.61. The summed E-state index contributed by atoms with van der Waals surface area (Å²) in [7, 11) is 0. The quantitative estimate of drug-likeness (QED) is 0.688. The van der Waals surface area contributed by atoms with Crippen molar-refractivity contribution in [2.24, 2.45) is 0 Å². The van der Waals surface area contributed by atoms with E-state index in [1.54, 1.807) is 0 Å². The third kappa shape index (κ3) is 0.997. The van der Waals surface area contributed by atoms with Gasteiger partial charge in [-0.15, -0.1) is 12.6 Å². The van der Waals surface area contributed by atoms with Crippen molar-refractivity contribution in [2.75, 3.05) is 13.2 Å². The van der Waals surface area contributed by atoms with Crippen LogP contribution in [0, 0.1) is 0 Å².